The second-order valence-electron chi connectivity index (χ2n) is 4.37. The van der Waals surface area contributed by atoms with Gasteiger partial charge in [0.25, 0.3) is 0 Å². The fourth-order valence-electron chi connectivity index (χ4n) is 1.78. The molecule has 19 heavy (non-hydrogen) atoms. The fraction of sp³-hybridized carbons (Fsp3) is 0.200. The molecule has 2 rings (SSSR count). The van der Waals surface area contributed by atoms with Gasteiger partial charge in [-0.15, -0.1) is 0 Å². The van der Waals surface area contributed by atoms with E-state index in [-0.39, 0.29) is 0 Å². The van der Waals surface area contributed by atoms with Crippen LogP contribution in [-0.2, 0) is 0 Å². The van der Waals surface area contributed by atoms with Gasteiger partial charge in [0.05, 0.1) is 6.10 Å². The number of aryl methyl sites for hydroxylation is 1. The molecule has 2 aromatic rings. The lowest BCUT2D eigenvalue weighted by molar-refractivity contribution is 0.195. The summed E-state index contributed by atoms with van der Waals surface area (Å²) < 4.78 is 7.85. The quantitative estimate of drug-likeness (QED) is 0.769. The lowest BCUT2D eigenvalue weighted by Crippen LogP contribution is -1.97. The van der Waals surface area contributed by atoms with Crippen LogP contribution in [-0.4, -0.2) is 5.11 Å². The number of hydrogen-bond acceptors (Lipinski definition) is 2. The minimum atomic E-state index is -0.580. The van der Waals surface area contributed by atoms with Crippen LogP contribution in [0.25, 0.3) is 0 Å². The van der Waals surface area contributed by atoms with Gasteiger partial charge in [-0.1, -0.05) is 31.9 Å². The molecule has 0 aliphatic rings. The summed E-state index contributed by atoms with van der Waals surface area (Å²) in [7, 11) is 0. The van der Waals surface area contributed by atoms with Crippen LogP contribution in [0.3, 0.4) is 0 Å². The van der Waals surface area contributed by atoms with Crippen LogP contribution < -0.4 is 4.74 Å². The van der Waals surface area contributed by atoms with Crippen molar-refractivity contribution in [2.24, 2.45) is 0 Å². The van der Waals surface area contributed by atoms with Gasteiger partial charge in [0, 0.05) is 14.5 Å². The molecule has 0 saturated heterocycles. The van der Waals surface area contributed by atoms with Crippen molar-refractivity contribution in [3.63, 3.8) is 0 Å². The molecule has 0 amide bonds. The van der Waals surface area contributed by atoms with Crippen molar-refractivity contribution < 1.29 is 9.84 Å². The molecule has 1 unspecified atom stereocenters. The SMILES string of the molecule is Cc1cc(Br)ccc1Oc1ccc(Br)cc1C(C)O. The molecule has 0 aromatic heterocycles. The van der Waals surface area contributed by atoms with E-state index >= 15 is 0 Å². The molecule has 0 heterocycles. The highest BCUT2D eigenvalue weighted by molar-refractivity contribution is 9.10. The predicted molar refractivity (Wildman–Crippen MR) is 83.7 cm³/mol. The van der Waals surface area contributed by atoms with E-state index in [2.05, 4.69) is 31.9 Å². The van der Waals surface area contributed by atoms with Crippen molar-refractivity contribution in [2.45, 2.75) is 20.0 Å². The summed E-state index contributed by atoms with van der Waals surface area (Å²) in [6, 6.07) is 11.5. The molecule has 0 saturated carbocycles. The second kappa shape index (κ2) is 6.07. The smallest absolute Gasteiger partial charge is 0.133 e. The Morgan fingerprint density at radius 3 is 2.16 bits per heavy atom. The molecule has 0 spiro atoms. The summed E-state index contributed by atoms with van der Waals surface area (Å²) in [5.74, 6) is 1.45. The molecule has 0 fully saturated rings. The Morgan fingerprint density at radius 1 is 1.00 bits per heavy atom. The first-order chi connectivity index (χ1) is 8.97. The number of benzene rings is 2. The first-order valence-corrected chi connectivity index (χ1v) is 7.47. The molecule has 2 aromatic carbocycles. The Kier molecular flexibility index (Phi) is 4.66. The van der Waals surface area contributed by atoms with E-state index in [0.29, 0.717) is 5.75 Å². The van der Waals surface area contributed by atoms with Gasteiger partial charge in [0.15, 0.2) is 0 Å². The summed E-state index contributed by atoms with van der Waals surface area (Å²) in [5.41, 5.74) is 1.80. The number of aliphatic hydroxyl groups excluding tert-OH is 1. The molecule has 1 atom stereocenters. The van der Waals surface area contributed by atoms with E-state index < -0.39 is 6.10 Å². The van der Waals surface area contributed by atoms with Gasteiger partial charge in [-0.3, -0.25) is 0 Å². The average molecular weight is 386 g/mol. The monoisotopic (exact) mass is 384 g/mol. The maximum atomic E-state index is 9.81. The summed E-state index contributed by atoms with van der Waals surface area (Å²) >= 11 is 6.83. The summed E-state index contributed by atoms with van der Waals surface area (Å²) in [6.07, 6.45) is -0.580. The average Bonchev–Trinajstić information content (AvgIpc) is 2.34. The van der Waals surface area contributed by atoms with E-state index in [9.17, 15) is 5.11 Å². The lowest BCUT2D eigenvalue weighted by atomic mass is 10.1. The van der Waals surface area contributed by atoms with Gasteiger partial charge in [0.1, 0.15) is 11.5 Å². The van der Waals surface area contributed by atoms with Crippen molar-refractivity contribution in [3.8, 4) is 11.5 Å². The van der Waals surface area contributed by atoms with Gasteiger partial charge < -0.3 is 9.84 Å². The first-order valence-electron chi connectivity index (χ1n) is 5.89. The van der Waals surface area contributed by atoms with Gasteiger partial charge in [-0.05, 0) is 55.8 Å². The van der Waals surface area contributed by atoms with Gasteiger partial charge in [0.2, 0.25) is 0 Å². The topological polar surface area (TPSA) is 29.5 Å². The number of rotatable bonds is 3. The zero-order valence-electron chi connectivity index (χ0n) is 10.7. The van der Waals surface area contributed by atoms with Crippen LogP contribution in [0, 0.1) is 6.92 Å². The van der Waals surface area contributed by atoms with Crippen LogP contribution in [0.5, 0.6) is 11.5 Å². The highest BCUT2D eigenvalue weighted by Crippen LogP contribution is 2.34. The second-order valence-corrected chi connectivity index (χ2v) is 6.20. The van der Waals surface area contributed by atoms with Crippen LogP contribution in [0.2, 0.25) is 0 Å². The molecule has 0 bridgehead atoms. The Bertz CT molecular complexity index is 595. The zero-order chi connectivity index (χ0) is 14.0. The van der Waals surface area contributed by atoms with Gasteiger partial charge in [-0.2, -0.15) is 0 Å². The van der Waals surface area contributed by atoms with E-state index in [1.165, 1.54) is 0 Å². The Hall–Kier alpha value is -0.840. The molecule has 4 heteroatoms. The van der Waals surface area contributed by atoms with Crippen molar-refractivity contribution in [1.29, 1.82) is 0 Å². The Morgan fingerprint density at radius 2 is 1.58 bits per heavy atom. The minimum absolute atomic E-state index is 0.580. The molecular weight excluding hydrogens is 372 g/mol. The third kappa shape index (κ3) is 3.59. The first kappa shape index (κ1) is 14.6. The number of halogens is 2. The summed E-state index contributed by atoms with van der Waals surface area (Å²) in [5, 5.41) is 9.81. The molecule has 0 radical (unpaired) electrons. The van der Waals surface area contributed by atoms with Crippen molar-refractivity contribution >= 4 is 31.9 Å². The van der Waals surface area contributed by atoms with Crippen LogP contribution >= 0.6 is 31.9 Å². The third-order valence-electron chi connectivity index (χ3n) is 2.78. The largest absolute Gasteiger partial charge is 0.457 e. The fourth-order valence-corrected chi connectivity index (χ4v) is 2.64. The molecular formula is C15H14Br2O2. The van der Waals surface area contributed by atoms with Crippen molar-refractivity contribution in [1.82, 2.24) is 0 Å². The molecule has 0 aliphatic carbocycles. The molecule has 100 valence electrons. The van der Waals surface area contributed by atoms with Gasteiger partial charge >= 0.3 is 0 Å². The van der Waals surface area contributed by atoms with E-state index in [0.717, 1.165) is 25.8 Å². The van der Waals surface area contributed by atoms with Crippen LogP contribution in [0.1, 0.15) is 24.2 Å². The van der Waals surface area contributed by atoms with Crippen molar-refractivity contribution in [3.05, 3.63) is 56.5 Å². The Balaban J connectivity index is 2.38. The van der Waals surface area contributed by atoms with Crippen LogP contribution in [0.4, 0.5) is 0 Å². The zero-order valence-corrected chi connectivity index (χ0v) is 13.8. The number of hydrogen-bond donors (Lipinski definition) is 1. The predicted octanol–water partition coefficient (Wildman–Crippen LogP) is 5.37. The maximum absolute atomic E-state index is 9.81. The molecule has 2 nitrogen and oxygen atoms in total. The Labute approximate surface area is 129 Å². The van der Waals surface area contributed by atoms with E-state index in [4.69, 9.17) is 4.74 Å². The highest BCUT2D eigenvalue weighted by Gasteiger charge is 2.11. The molecule has 1 N–H and O–H groups in total. The van der Waals surface area contributed by atoms with Crippen molar-refractivity contribution in [2.75, 3.05) is 0 Å². The number of ether oxygens (including phenoxy) is 1. The summed E-state index contributed by atoms with van der Waals surface area (Å²) in [4.78, 5) is 0. The normalized spacial score (nSPS) is 12.3. The highest BCUT2D eigenvalue weighted by atomic mass is 79.9. The van der Waals surface area contributed by atoms with E-state index in [1.807, 2.05) is 43.3 Å². The van der Waals surface area contributed by atoms with Gasteiger partial charge in [-0.25, -0.2) is 0 Å². The number of aliphatic hydroxyl groups is 1. The van der Waals surface area contributed by atoms with Crippen LogP contribution in [0.15, 0.2) is 45.3 Å². The standard InChI is InChI=1S/C15H14Br2O2/c1-9-7-11(16)3-5-14(9)19-15-6-4-12(17)8-13(15)10(2)18/h3-8,10,18H,1-2H3. The maximum Gasteiger partial charge on any atom is 0.133 e. The summed E-state index contributed by atoms with van der Waals surface area (Å²) in [6.45, 7) is 3.71. The third-order valence-corrected chi connectivity index (χ3v) is 3.77. The minimum Gasteiger partial charge on any atom is -0.457 e. The molecule has 0 aliphatic heterocycles. The van der Waals surface area contributed by atoms with E-state index in [1.54, 1.807) is 6.92 Å². The lowest BCUT2D eigenvalue weighted by Gasteiger charge is -2.15.